The summed E-state index contributed by atoms with van der Waals surface area (Å²) in [7, 11) is -2.95. The van der Waals surface area contributed by atoms with Crippen molar-refractivity contribution in [2.45, 2.75) is 50.1 Å². The highest BCUT2D eigenvalue weighted by Crippen LogP contribution is 2.58. The molecule has 0 spiro atoms. The molecule has 5 rings (SSSR count). The van der Waals surface area contributed by atoms with E-state index in [2.05, 4.69) is 16.4 Å². The van der Waals surface area contributed by atoms with Crippen LogP contribution < -0.4 is 10.9 Å². The van der Waals surface area contributed by atoms with Crippen LogP contribution in [0, 0.1) is 17.2 Å². The maximum atomic E-state index is 12.7. The number of pyridine rings is 1. The average Bonchev–Trinajstić information content (AvgIpc) is 3.28. The number of nitrogens with one attached hydrogen (secondary N) is 2. The van der Waals surface area contributed by atoms with Crippen LogP contribution in [0.2, 0.25) is 0 Å². The first-order chi connectivity index (χ1) is 15.4. The molecule has 3 aromatic rings. The van der Waals surface area contributed by atoms with E-state index in [1.54, 1.807) is 22.6 Å². The largest absolute Gasteiger partial charge is 0.338 e. The third-order valence-electron chi connectivity index (χ3n) is 6.52. The van der Waals surface area contributed by atoms with Gasteiger partial charge in [-0.25, -0.2) is 0 Å². The fourth-order valence-corrected chi connectivity index (χ4v) is 6.57. The second-order valence-corrected chi connectivity index (χ2v) is 10.4. The van der Waals surface area contributed by atoms with Gasteiger partial charge in [0.15, 0.2) is 5.82 Å². The van der Waals surface area contributed by atoms with Gasteiger partial charge >= 0.3 is 0 Å². The van der Waals surface area contributed by atoms with Crippen molar-refractivity contribution in [1.29, 1.82) is 5.26 Å². The molecule has 2 aromatic heterocycles. The quantitative estimate of drug-likeness (QED) is 0.454. The van der Waals surface area contributed by atoms with Crippen molar-refractivity contribution in [2.24, 2.45) is 5.92 Å². The van der Waals surface area contributed by atoms with Crippen LogP contribution in [0.3, 0.4) is 0 Å². The van der Waals surface area contributed by atoms with Crippen LogP contribution >= 0.6 is 10.8 Å². The average molecular weight is 455 g/mol. The highest BCUT2D eigenvalue weighted by atomic mass is 32.3. The predicted octanol–water partition coefficient (Wildman–Crippen LogP) is 4.58. The standard InChI is InChI=1S/C22H26N6O3S/c1-2-27-13-15-11-16(7-8-19(15)32(27,30)31)25-21-20-18(9-10-24-22(20)29)28(26-21)17-6-4-3-5-14(17)12-23/h7-11,14,17,30-31H,2-6,13H2,1H3,(H,24,29)(H,25,26)/t14-,17+/m1/s1. The first-order valence-corrected chi connectivity index (χ1v) is 12.4. The molecule has 10 heteroatoms. The predicted molar refractivity (Wildman–Crippen MR) is 124 cm³/mol. The third-order valence-corrected chi connectivity index (χ3v) is 8.61. The Hall–Kier alpha value is -2.84. The van der Waals surface area contributed by atoms with Crippen molar-refractivity contribution in [3.05, 3.63) is 46.4 Å². The zero-order valence-corrected chi connectivity index (χ0v) is 18.6. The number of nitrogens with zero attached hydrogens (tertiary/aromatic N) is 4. The van der Waals surface area contributed by atoms with Gasteiger partial charge in [0.1, 0.15) is 5.39 Å². The molecule has 0 unspecified atom stereocenters. The number of aromatic nitrogens is 3. The van der Waals surface area contributed by atoms with Crippen LogP contribution in [0.15, 0.2) is 40.2 Å². The van der Waals surface area contributed by atoms with Crippen LogP contribution in [0.1, 0.15) is 44.2 Å². The second-order valence-electron chi connectivity index (χ2n) is 8.37. The van der Waals surface area contributed by atoms with Gasteiger partial charge < -0.3 is 10.3 Å². The van der Waals surface area contributed by atoms with E-state index < -0.39 is 10.8 Å². The Kier molecular flexibility index (Phi) is 5.22. The number of hydrogen-bond acceptors (Lipinski definition) is 7. The molecule has 1 aliphatic carbocycles. The molecule has 9 nitrogen and oxygen atoms in total. The van der Waals surface area contributed by atoms with Gasteiger partial charge in [-0.2, -0.15) is 14.7 Å². The second kappa shape index (κ2) is 7.94. The SMILES string of the molecule is CCN1Cc2cc(Nc3nn([C@H]4CCCC[C@@H]4C#N)c4cc[nH]c(=O)c34)ccc2S1(O)O. The summed E-state index contributed by atoms with van der Waals surface area (Å²) >= 11 is 0. The van der Waals surface area contributed by atoms with E-state index in [0.717, 1.165) is 31.2 Å². The van der Waals surface area contributed by atoms with Gasteiger partial charge in [0.2, 0.25) is 0 Å². The highest BCUT2D eigenvalue weighted by Gasteiger charge is 2.34. The molecular weight excluding hydrogens is 428 g/mol. The molecular formula is C22H26N6O3S. The van der Waals surface area contributed by atoms with Crippen molar-refractivity contribution >= 4 is 33.2 Å². The number of benzene rings is 1. The van der Waals surface area contributed by atoms with Crippen molar-refractivity contribution in [3.63, 3.8) is 0 Å². The Morgan fingerprint density at radius 3 is 2.91 bits per heavy atom. The van der Waals surface area contributed by atoms with Gasteiger partial charge in [0, 0.05) is 25.0 Å². The van der Waals surface area contributed by atoms with Gasteiger partial charge in [-0.15, -0.1) is 10.8 Å². The number of fused-ring (bicyclic) bond motifs is 2. The smallest absolute Gasteiger partial charge is 0.261 e. The number of H-pyrrole nitrogens is 1. The van der Waals surface area contributed by atoms with Crippen LogP contribution in [-0.4, -0.2) is 34.7 Å². The Morgan fingerprint density at radius 1 is 1.31 bits per heavy atom. The topological polar surface area (TPSA) is 130 Å². The normalized spacial score (nSPS) is 23.6. The molecule has 1 fully saturated rings. The summed E-state index contributed by atoms with van der Waals surface area (Å²) in [4.78, 5) is 16.0. The van der Waals surface area contributed by atoms with E-state index in [9.17, 15) is 19.2 Å². The van der Waals surface area contributed by atoms with Crippen LogP contribution in [-0.2, 0) is 6.54 Å². The Morgan fingerprint density at radius 2 is 2.12 bits per heavy atom. The molecule has 0 bridgehead atoms. The summed E-state index contributed by atoms with van der Waals surface area (Å²) in [6.45, 7) is 2.88. The fraction of sp³-hybridized carbons (Fsp3) is 0.409. The molecule has 168 valence electrons. The lowest BCUT2D eigenvalue weighted by atomic mass is 9.85. The number of nitriles is 1. The Bertz CT molecular complexity index is 1280. The molecule has 1 aliphatic heterocycles. The summed E-state index contributed by atoms with van der Waals surface area (Å²) in [6, 6.07) is 9.54. The molecule has 3 heterocycles. The molecule has 1 saturated carbocycles. The number of hydrogen-bond donors (Lipinski definition) is 4. The zero-order valence-electron chi connectivity index (χ0n) is 17.8. The molecule has 0 radical (unpaired) electrons. The third kappa shape index (κ3) is 3.29. The maximum absolute atomic E-state index is 12.7. The van der Waals surface area contributed by atoms with E-state index in [0.29, 0.717) is 40.4 Å². The van der Waals surface area contributed by atoms with Crippen LogP contribution in [0.4, 0.5) is 11.5 Å². The van der Waals surface area contributed by atoms with Gasteiger partial charge in [0.05, 0.1) is 28.4 Å². The summed E-state index contributed by atoms with van der Waals surface area (Å²) < 4.78 is 24.5. The fourth-order valence-electron chi connectivity index (χ4n) is 4.89. The summed E-state index contributed by atoms with van der Waals surface area (Å²) in [6.07, 6.45) is 5.35. The van der Waals surface area contributed by atoms with Gasteiger partial charge in [-0.3, -0.25) is 18.6 Å². The van der Waals surface area contributed by atoms with E-state index in [4.69, 9.17) is 5.10 Å². The lowest BCUT2D eigenvalue weighted by molar-refractivity contribution is 0.277. The number of rotatable bonds is 4. The number of aromatic amines is 1. The van der Waals surface area contributed by atoms with E-state index in [-0.39, 0.29) is 17.5 Å². The van der Waals surface area contributed by atoms with Crippen molar-refractivity contribution < 1.29 is 9.11 Å². The zero-order chi connectivity index (χ0) is 22.5. The molecule has 2 aliphatic rings. The van der Waals surface area contributed by atoms with Crippen LogP contribution in [0.5, 0.6) is 0 Å². The summed E-state index contributed by atoms with van der Waals surface area (Å²) in [5.41, 5.74) is 2.02. The lowest BCUT2D eigenvalue weighted by Crippen LogP contribution is -2.23. The number of anilines is 2. The van der Waals surface area contributed by atoms with Crippen molar-refractivity contribution in [2.75, 3.05) is 11.9 Å². The van der Waals surface area contributed by atoms with Gasteiger partial charge in [-0.1, -0.05) is 19.8 Å². The summed E-state index contributed by atoms with van der Waals surface area (Å²) in [5.74, 6) is 0.297. The van der Waals surface area contributed by atoms with E-state index in [1.807, 2.05) is 23.7 Å². The van der Waals surface area contributed by atoms with Crippen molar-refractivity contribution in [1.82, 2.24) is 19.1 Å². The minimum absolute atomic E-state index is 0.0697. The maximum Gasteiger partial charge on any atom is 0.261 e. The van der Waals surface area contributed by atoms with Gasteiger partial charge in [-0.05, 0) is 42.7 Å². The lowest BCUT2D eigenvalue weighted by Gasteiger charge is -2.36. The Balaban J connectivity index is 1.55. The molecule has 0 saturated heterocycles. The molecule has 4 N–H and O–H groups in total. The molecule has 2 atom stereocenters. The van der Waals surface area contributed by atoms with Gasteiger partial charge in [0.25, 0.3) is 5.56 Å². The Labute approximate surface area is 187 Å². The van der Waals surface area contributed by atoms with Crippen molar-refractivity contribution in [3.8, 4) is 6.07 Å². The monoisotopic (exact) mass is 454 g/mol. The van der Waals surface area contributed by atoms with Crippen LogP contribution in [0.25, 0.3) is 10.9 Å². The molecule has 1 aromatic carbocycles. The summed E-state index contributed by atoms with van der Waals surface area (Å²) in [5, 5.41) is 18.1. The first-order valence-electron chi connectivity index (χ1n) is 10.9. The minimum Gasteiger partial charge on any atom is -0.338 e. The minimum atomic E-state index is -2.95. The van der Waals surface area contributed by atoms with E-state index >= 15 is 0 Å². The molecule has 32 heavy (non-hydrogen) atoms. The first kappa shape index (κ1) is 21.0. The highest BCUT2D eigenvalue weighted by molar-refractivity contribution is 8.22. The molecule has 0 amide bonds. The van der Waals surface area contributed by atoms with E-state index in [1.165, 1.54) is 0 Å².